The second-order valence-corrected chi connectivity index (χ2v) is 31.0. The number of hydrogen-bond donors (Lipinski definition) is 4. The highest BCUT2D eigenvalue weighted by Crippen LogP contribution is 2.48. The molecule has 9 aromatic carbocycles. The van der Waals surface area contributed by atoms with Crippen molar-refractivity contribution < 1.29 is 9.13 Å². The van der Waals surface area contributed by atoms with Gasteiger partial charge in [0.1, 0.15) is 11.6 Å². The monoisotopic (exact) mass is 1630 g/mol. The zero-order valence-corrected chi connectivity index (χ0v) is 69.8. The number of nitrogens with one attached hydrogen (secondary N) is 4. The Morgan fingerprint density at radius 3 is 1.40 bits per heavy atom. The van der Waals surface area contributed by atoms with Gasteiger partial charge in [-0.25, -0.2) is 39.3 Å². The third-order valence-corrected chi connectivity index (χ3v) is 23.6. The Morgan fingerprint density at radius 2 is 0.870 bits per heavy atom. The summed E-state index contributed by atoms with van der Waals surface area (Å²) in [7, 11) is 5.51. The number of benzene rings is 9. The molecule has 0 spiro atoms. The van der Waals surface area contributed by atoms with Crippen molar-refractivity contribution in [3.8, 4) is 84.0 Å². The molecule has 0 unspecified atom stereocenters. The summed E-state index contributed by atoms with van der Waals surface area (Å²) in [5.74, 6) is 0.777. The van der Waals surface area contributed by atoms with Crippen LogP contribution in [0.4, 0.5) is 21.5 Å². The highest BCUT2D eigenvalue weighted by atomic mass is 19.1. The van der Waals surface area contributed by atoms with Crippen molar-refractivity contribution in [2.45, 2.75) is 137 Å². The smallest absolute Gasteiger partial charge is 0.272 e. The van der Waals surface area contributed by atoms with E-state index in [-0.39, 0.29) is 39.6 Å². The van der Waals surface area contributed by atoms with E-state index in [9.17, 15) is 19.2 Å². The van der Waals surface area contributed by atoms with E-state index < -0.39 is 5.82 Å². The third-order valence-electron chi connectivity index (χ3n) is 23.6. The van der Waals surface area contributed by atoms with Crippen molar-refractivity contribution >= 4 is 81.7 Å². The normalized spacial score (nSPS) is 12.6. The van der Waals surface area contributed by atoms with E-state index in [1.54, 1.807) is 34.7 Å². The lowest BCUT2D eigenvalue weighted by molar-refractivity contribution is 0.305. The number of aryl methyl sites for hydroxylation is 9. The summed E-state index contributed by atoms with van der Waals surface area (Å²) in [4.78, 5) is 65.4. The van der Waals surface area contributed by atoms with Crippen LogP contribution < -0.4 is 27.0 Å². The molecule has 0 bridgehead atoms. The topological polar surface area (TPSA) is 272 Å². The van der Waals surface area contributed by atoms with Crippen molar-refractivity contribution in [2.24, 2.45) is 21.1 Å². The van der Waals surface area contributed by atoms with Crippen molar-refractivity contribution in [3.05, 3.63) is 304 Å². The number of aromatic amines is 4. The quantitative estimate of drug-likeness (QED) is 0.0656. The first-order valence-electron chi connectivity index (χ1n) is 41.7. The van der Waals surface area contributed by atoms with Crippen molar-refractivity contribution in [1.82, 2.24) is 75.1 Å². The van der Waals surface area contributed by atoms with Gasteiger partial charge < -0.3 is 4.74 Å². The standard InChI is InChI=1S/C27H23N5O.C26H25N5O2.C25H18FN5O.C21H23N3O/c1-5-16-13-18(14-21-23(6-2)30-31-27(33)24(16)21)22-15-29-32(4)26(22)20-12-11-17-9-7-8-10-19(17)25(20)28-3;1-5-15-12-16(13-19-21(6-2)29-30-26(32)23(15)19)20-14-28-31(4)25(20)18-8-7-9-22(24(18)27-3)33-17-10-11-17;1-4-21-18-11-15(9-10-17(18)25(32)30-29-21)19-13-28-31(3)24(19)22-20(26)12-14-7-5-6-8-16(14)23(22)27-2;1-2-20-19-11-15(8-9-18(19)21(25)24-23-20)17-10-16(12-22-13-17)14-6-4-3-5-7-14/h7-15H,5-6H2,1-2,4H3,(H,31,33);7-9,12-14,17H,5-6,10-11H2,1-2,4H3,(H,30,32);5-13H,4H2,1,3H3,(H,30,32);8-14H,2-7H2,1H3,(H,24,25). The van der Waals surface area contributed by atoms with E-state index in [1.807, 2.05) is 180 Å². The molecule has 0 aliphatic heterocycles. The first-order valence-corrected chi connectivity index (χ1v) is 41.7. The fourth-order valence-electron chi connectivity index (χ4n) is 17.2. The Bertz CT molecular complexity index is 7420. The number of pyridine rings is 1. The molecule has 2 saturated carbocycles. The second kappa shape index (κ2) is 35.2. The Balaban J connectivity index is 0.000000122. The Morgan fingerprint density at radius 1 is 0.398 bits per heavy atom. The molecule has 2 aliphatic rings. The van der Waals surface area contributed by atoms with Gasteiger partial charge in [0.05, 0.1) is 106 Å². The van der Waals surface area contributed by atoms with Crippen LogP contribution in [0, 0.1) is 25.5 Å². The number of H-pyrrole nitrogens is 4. The van der Waals surface area contributed by atoms with Crippen LogP contribution in [-0.2, 0) is 59.7 Å². The predicted octanol–water partition coefficient (Wildman–Crippen LogP) is 21.0. The summed E-state index contributed by atoms with van der Waals surface area (Å²) >= 11 is 0. The van der Waals surface area contributed by atoms with Crippen LogP contribution in [0.5, 0.6) is 5.75 Å². The minimum atomic E-state index is -0.479. The largest absolute Gasteiger partial charge is 0.501 e. The Labute approximate surface area is 707 Å². The van der Waals surface area contributed by atoms with E-state index in [1.165, 1.54) is 43.7 Å². The van der Waals surface area contributed by atoms with Gasteiger partial charge in [-0.05, 0) is 185 Å². The fourth-order valence-corrected chi connectivity index (χ4v) is 17.2. The zero-order valence-electron chi connectivity index (χ0n) is 69.8. The lowest BCUT2D eigenvalue weighted by Crippen LogP contribution is -2.13. The van der Waals surface area contributed by atoms with Gasteiger partial charge in [0, 0.05) is 94.0 Å². The number of fused-ring (bicyclic) bond motifs is 6. The van der Waals surface area contributed by atoms with Crippen LogP contribution in [0.15, 0.2) is 202 Å². The van der Waals surface area contributed by atoms with Gasteiger partial charge in [0.25, 0.3) is 22.2 Å². The molecular formula is C99H89FN18O5. The van der Waals surface area contributed by atoms with E-state index in [4.69, 9.17) is 24.5 Å². The Kier molecular flexibility index (Phi) is 23.4. The van der Waals surface area contributed by atoms with Crippen LogP contribution in [0.2, 0.25) is 0 Å². The van der Waals surface area contributed by atoms with Gasteiger partial charge >= 0.3 is 0 Å². The molecular weight excluding hydrogens is 1540 g/mol. The molecule has 0 radical (unpaired) electrons. The molecule has 4 N–H and O–H groups in total. The molecule has 8 heterocycles. The van der Waals surface area contributed by atoms with E-state index >= 15 is 4.39 Å². The van der Waals surface area contributed by atoms with Crippen LogP contribution in [-0.4, -0.2) is 81.2 Å². The lowest BCUT2D eigenvalue weighted by Gasteiger charge is -2.22. The molecule has 0 atom stereocenters. The van der Waals surface area contributed by atoms with Crippen molar-refractivity contribution in [2.75, 3.05) is 0 Å². The number of para-hydroxylation sites is 1. The van der Waals surface area contributed by atoms with Gasteiger partial charge in [-0.15, -0.1) is 0 Å². The van der Waals surface area contributed by atoms with Crippen LogP contribution >= 0.6 is 0 Å². The molecule has 8 aromatic heterocycles. The number of nitrogens with zero attached hydrogens (tertiary/aromatic N) is 14. The second-order valence-electron chi connectivity index (χ2n) is 31.0. The zero-order chi connectivity index (χ0) is 85.9. The minimum Gasteiger partial charge on any atom is -0.501 e. The lowest BCUT2D eigenvalue weighted by atomic mass is 9.84. The molecule has 0 saturated heterocycles. The number of ether oxygens (including phenoxy) is 1. The number of rotatable bonds is 16. The van der Waals surface area contributed by atoms with Crippen LogP contribution in [0.25, 0.3) is 157 Å². The maximum absolute atomic E-state index is 15.4. The molecule has 123 heavy (non-hydrogen) atoms. The summed E-state index contributed by atoms with van der Waals surface area (Å²) in [6, 6.07) is 48.3. The van der Waals surface area contributed by atoms with Crippen molar-refractivity contribution in [3.63, 3.8) is 0 Å². The molecule has 2 aliphatic carbocycles. The fraction of sp³-hybridized carbons (Fsp3) is 0.242. The maximum Gasteiger partial charge on any atom is 0.272 e. The molecule has 0 amide bonds. The molecule has 2 fully saturated rings. The average Bonchev–Trinajstić information content (AvgIpc) is 1.71. The van der Waals surface area contributed by atoms with E-state index in [0.717, 1.165) is 153 Å². The third kappa shape index (κ3) is 15.7. The van der Waals surface area contributed by atoms with Gasteiger partial charge in [0.2, 0.25) is 17.1 Å². The summed E-state index contributed by atoms with van der Waals surface area (Å²) in [6.07, 6.45) is 22.3. The molecule has 17 aromatic rings. The van der Waals surface area contributed by atoms with Crippen molar-refractivity contribution in [1.29, 1.82) is 0 Å². The number of aromatic nitrogens is 15. The maximum atomic E-state index is 15.4. The van der Waals surface area contributed by atoms with E-state index in [2.05, 4.69) is 114 Å². The van der Waals surface area contributed by atoms with Crippen LogP contribution in [0.3, 0.4) is 0 Å². The summed E-state index contributed by atoms with van der Waals surface area (Å²) in [5, 5.41) is 50.2. The van der Waals surface area contributed by atoms with Gasteiger partial charge in [-0.1, -0.05) is 158 Å². The first kappa shape index (κ1) is 81.8. The summed E-state index contributed by atoms with van der Waals surface area (Å²) in [5.41, 5.74) is 18.8. The van der Waals surface area contributed by atoms with Gasteiger partial charge in [-0.3, -0.25) is 38.2 Å². The number of halogens is 1. The van der Waals surface area contributed by atoms with Crippen LogP contribution in [0.1, 0.15) is 132 Å². The predicted molar refractivity (Wildman–Crippen MR) is 485 cm³/mol. The highest BCUT2D eigenvalue weighted by Gasteiger charge is 2.29. The first-order chi connectivity index (χ1) is 59.9. The Hall–Kier alpha value is -15.0. The number of hydrogen-bond acceptors (Lipinski definition) is 13. The van der Waals surface area contributed by atoms with Gasteiger partial charge in [0.15, 0.2) is 0 Å². The highest BCUT2D eigenvalue weighted by molar-refractivity contribution is 6.06. The molecule has 23 nitrogen and oxygen atoms in total. The minimum absolute atomic E-state index is 0.132. The molecule has 612 valence electrons. The summed E-state index contributed by atoms with van der Waals surface area (Å²) < 4.78 is 26.6. The summed E-state index contributed by atoms with van der Waals surface area (Å²) in [6.45, 7) is 35.7. The molecule has 19 rings (SSSR count). The molecule has 24 heteroatoms. The SMILES string of the molecule is CCc1n[nH]c(=O)c2ccc(-c3cncc(C4CCCCC4)c3)cc12.[C-]#[N+]c1c(-c2c(-c3cc(CC)c4c(=O)[nH]nc(CC)c4c3)cnn2C)ccc2ccccc12.[C-]#[N+]c1c(-c2c(-c3ccc4c(=O)[nH]nc(CC)c4c3)cnn2C)c(F)cc2ccccc12.[C-]#[N+]c1c(OC2CC2)cccc1-c1c(-c2cc(CC)c3c(=O)[nH]nc(CC)c3c2)cnn1C. The van der Waals surface area contributed by atoms with E-state index in [0.29, 0.717) is 92.3 Å². The van der Waals surface area contributed by atoms with Gasteiger partial charge in [-0.2, -0.15) is 35.7 Å². The average molecular weight is 1630 g/mol.